The molecule has 0 saturated carbocycles. The third-order valence-corrected chi connectivity index (χ3v) is 1.50. The van der Waals surface area contributed by atoms with Crippen molar-refractivity contribution in [1.29, 1.82) is 0 Å². The fraction of sp³-hybridized carbons (Fsp3) is 0.333. The van der Waals surface area contributed by atoms with E-state index in [1.165, 1.54) is 0 Å². The average molecular weight is 179 g/mol. The fourth-order valence-corrected chi connectivity index (χ4v) is 0.986. The molecule has 0 atom stereocenters. The summed E-state index contributed by atoms with van der Waals surface area (Å²) in [7, 11) is 1.81. The first-order valence-electron chi connectivity index (χ1n) is 3.73. The first kappa shape index (κ1) is 7.71. The van der Waals surface area contributed by atoms with Gasteiger partial charge in [0.25, 0.3) is 0 Å². The molecule has 0 radical (unpaired) electrons. The predicted molar refractivity (Wildman–Crippen MR) is 44.5 cm³/mol. The number of anilines is 1. The standard InChI is InChI=1S/C6H9N7/c1-12-3-8-5(10-12)2-13-4-9-6(7)11-13/h3-4H,2H2,1H3,(H2,7,11). The molecule has 0 aromatic carbocycles. The lowest BCUT2D eigenvalue weighted by atomic mass is 10.6. The molecule has 0 bridgehead atoms. The minimum absolute atomic E-state index is 0.260. The lowest BCUT2D eigenvalue weighted by Gasteiger charge is -1.93. The van der Waals surface area contributed by atoms with Gasteiger partial charge in [-0.25, -0.2) is 14.6 Å². The van der Waals surface area contributed by atoms with Crippen molar-refractivity contribution in [2.75, 3.05) is 5.73 Å². The second-order valence-corrected chi connectivity index (χ2v) is 2.63. The number of nitrogens with zero attached hydrogens (tertiary/aromatic N) is 6. The smallest absolute Gasteiger partial charge is 0.239 e. The topological polar surface area (TPSA) is 87.4 Å². The van der Waals surface area contributed by atoms with Crippen molar-refractivity contribution in [1.82, 2.24) is 29.5 Å². The van der Waals surface area contributed by atoms with Crippen LogP contribution in [-0.2, 0) is 13.6 Å². The lowest BCUT2D eigenvalue weighted by molar-refractivity contribution is 0.643. The molecule has 2 aromatic heterocycles. The Morgan fingerprint density at radius 1 is 1.31 bits per heavy atom. The monoisotopic (exact) mass is 179 g/mol. The molecule has 7 heteroatoms. The van der Waals surface area contributed by atoms with Crippen LogP contribution in [0.1, 0.15) is 5.82 Å². The van der Waals surface area contributed by atoms with Crippen molar-refractivity contribution < 1.29 is 0 Å². The van der Waals surface area contributed by atoms with Gasteiger partial charge < -0.3 is 5.73 Å². The Morgan fingerprint density at radius 3 is 2.69 bits per heavy atom. The van der Waals surface area contributed by atoms with E-state index < -0.39 is 0 Å². The number of rotatable bonds is 2. The van der Waals surface area contributed by atoms with Crippen LogP contribution in [0.15, 0.2) is 12.7 Å². The van der Waals surface area contributed by atoms with Gasteiger partial charge in [-0.05, 0) is 0 Å². The summed E-state index contributed by atoms with van der Waals surface area (Å²) in [5, 5.41) is 8.00. The van der Waals surface area contributed by atoms with Crippen molar-refractivity contribution in [2.45, 2.75) is 6.54 Å². The third-order valence-electron chi connectivity index (χ3n) is 1.50. The van der Waals surface area contributed by atoms with Crippen LogP contribution in [0.3, 0.4) is 0 Å². The molecular weight excluding hydrogens is 170 g/mol. The van der Waals surface area contributed by atoms with E-state index in [9.17, 15) is 0 Å². The molecule has 0 saturated heterocycles. The fourth-order valence-electron chi connectivity index (χ4n) is 0.986. The van der Waals surface area contributed by atoms with Gasteiger partial charge in [0.1, 0.15) is 19.2 Å². The predicted octanol–water partition coefficient (Wildman–Crippen LogP) is -0.963. The van der Waals surface area contributed by atoms with Crippen LogP contribution in [0.25, 0.3) is 0 Å². The van der Waals surface area contributed by atoms with Crippen molar-refractivity contribution in [3.05, 3.63) is 18.5 Å². The van der Waals surface area contributed by atoms with Crippen molar-refractivity contribution in [2.24, 2.45) is 7.05 Å². The Balaban J connectivity index is 2.14. The highest BCUT2D eigenvalue weighted by Crippen LogP contribution is 1.94. The van der Waals surface area contributed by atoms with E-state index in [-0.39, 0.29) is 5.95 Å². The van der Waals surface area contributed by atoms with Crippen molar-refractivity contribution in [3.8, 4) is 0 Å². The highest BCUT2D eigenvalue weighted by atomic mass is 15.4. The zero-order valence-corrected chi connectivity index (χ0v) is 7.12. The van der Waals surface area contributed by atoms with E-state index in [0.717, 1.165) is 0 Å². The Bertz CT molecular complexity index is 362. The summed E-state index contributed by atoms with van der Waals surface area (Å²) in [5.41, 5.74) is 5.35. The Morgan fingerprint density at radius 2 is 2.15 bits per heavy atom. The SMILES string of the molecule is Cn1cnc(Cn2cnc(N)n2)n1. The van der Waals surface area contributed by atoms with Crippen LogP contribution >= 0.6 is 0 Å². The summed E-state index contributed by atoms with van der Waals surface area (Å²) in [5.74, 6) is 0.948. The van der Waals surface area contributed by atoms with Crippen LogP contribution in [0.5, 0.6) is 0 Å². The molecule has 0 aliphatic carbocycles. The minimum Gasteiger partial charge on any atom is -0.367 e. The summed E-state index contributed by atoms with van der Waals surface area (Å²) in [4.78, 5) is 7.83. The van der Waals surface area contributed by atoms with Gasteiger partial charge in [-0.15, -0.1) is 5.10 Å². The van der Waals surface area contributed by atoms with Crippen LogP contribution in [0.4, 0.5) is 5.95 Å². The van der Waals surface area contributed by atoms with E-state index in [4.69, 9.17) is 5.73 Å². The molecule has 0 spiro atoms. The van der Waals surface area contributed by atoms with Crippen LogP contribution in [0.2, 0.25) is 0 Å². The van der Waals surface area contributed by atoms with E-state index >= 15 is 0 Å². The maximum Gasteiger partial charge on any atom is 0.239 e. The number of nitrogens with two attached hydrogens (primary N) is 1. The third kappa shape index (κ3) is 1.63. The van der Waals surface area contributed by atoms with Gasteiger partial charge in [0.2, 0.25) is 5.95 Å². The van der Waals surface area contributed by atoms with Gasteiger partial charge in [-0.3, -0.25) is 4.68 Å². The molecule has 0 fully saturated rings. The van der Waals surface area contributed by atoms with E-state index in [0.29, 0.717) is 12.4 Å². The summed E-state index contributed by atoms with van der Waals surface area (Å²) in [6.07, 6.45) is 3.18. The second-order valence-electron chi connectivity index (χ2n) is 2.63. The molecule has 0 unspecified atom stereocenters. The zero-order valence-electron chi connectivity index (χ0n) is 7.12. The van der Waals surface area contributed by atoms with Crippen LogP contribution < -0.4 is 5.73 Å². The Hall–Kier alpha value is -1.92. The van der Waals surface area contributed by atoms with E-state index in [1.807, 2.05) is 7.05 Å². The normalized spacial score (nSPS) is 10.5. The second kappa shape index (κ2) is 2.85. The lowest BCUT2D eigenvalue weighted by Crippen LogP contribution is -2.03. The maximum atomic E-state index is 5.35. The van der Waals surface area contributed by atoms with Gasteiger partial charge in [0.05, 0.1) is 0 Å². The highest BCUT2D eigenvalue weighted by molar-refractivity contribution is 5.09. The van der Waals surface area contributed by atoms with Gasteiger partial charge in [0, 0.05) is 7.05 Å². The summed E-state index contributed by atoms with van der Waals surface area (Å²) in [6.45, 7) is 0.491. The van der Waals surface area contributed by atoms with Crippen molar-refractivity contribution in [3.63, 3.8) is 0 Å². The summed E-state index contributed by atoms with van der Waals surface area (Å²) in [6, 6.07) is 0. The van der Waals surface area contributed by atoms with Gasteiger partial charge in [0.15, 0.2) is 5.82 Å². The van der Waals surface area contributed by atoms with Gasteiger partial charge >= 0.3 is 0 Å². The Kier molecular flexibility index (Phi) is 1.69. The van der Waals surface area contributed by atoms with Gasteiger partial charge in [-0.2, -0.15) is 5.10 Å². The number of hydrogen-bond acceptors (Lipinski definition) is 5. The van der Waals surface area contributed by atoms with Crippen LogP contribution in [-0.4, -0.2) is 29.5 Å². The molecule has 2 heterocycles. The number of aryl methyl sites for hydroxylation is 1. The summed E-state index contributed by atoms with van der Waals surface area (Å²) >= 11 is 0. The molecule has 2 aromatic rings. The molecule has 13 heavy (non-hydrogen) atoms. The molecule has 2 rings (SSSR count). The first-order valence-corrected chi connectivity index (χ1v) is 3.73. The van der Waals surface area contributed by atoms with Crippen LogP contribution in [0, 0.1) is 0 Å². The zero-order chi connectivity index (χ0) is 9.26. The number of nitrogen functional groups attached to an aromatic ring is 1. The molecule has 2 N–H and O–H groups in total. The quantitative estimate of drug-likeness (QED) is 0.641. The first-order chi connectivity index (χ1) is 6.24. The number of hydrogen-bond donors (Lipinski definition) is 1. The maximum absolute atomic E-state index is 5.35. The molecule has 68 valence electrons. The van der Waals surface area contributed by atoms with E-state index in [1.54, 1.807) is 22.0 Å². The molecule has 0 aliphatic heterocycles. The minimum atomic E-state index is 0.260. The summed E-state index contributed by atoms with van der Waals surface area (Å²) < 4.78 is 3.22. The van der Waals surface area contributed by atoms with Gasteiger partial charge in [-0.1, -0.05) is 0 Å². The van der Waals surface area contributed by atoms with E-state index in [2.05, 4.69) is 20.2 Å². The molecular formula is C6H9N7. The van der Waals surface area contributed by atoms with Crippen molar-refractivity contribution >= 4 is 5.95 Å². The molecule has 7 nitrogen and oxygen atoms in total. The highest BCUT2D eigenvalue weighted by Gasteiger charge is 2.01. The average Bonchev–Trinajstić information content (AvgIpc) is 2.62. The molecule has 0 aliphatic rings. The Labute approximate surface area is 74.2 Å². The largest absolute Gasteiger partial charge is 0.367 e. The molecule has 0 amide bonds. The number of aromatic nitrogens is 6.